The predicted octanol–water partition coefficient (Wildman–Crippen LogP) is 18.6. The van der Waals surface area contributed by atoms with Gasteiger partial charge in [0.1, 0.15) is 22.3 Å². The lowest BCUT2D eigenvalue weighted by Crippen LogP contribution is -2.28. The molecule has 10 aromatic carbocycles. The van der Waals surface area contributed by atoms with Crippen molar-refractivity contribution in [2.45, 2.75) is 37.5 Å². The summed E-state index contributed by atoms with van der Waals surface area (Å²) in [6, 6.07) is 78.1. The highest BCUT2D eigenvalue weighted by molar-refractivity contribution is 6.24. The van der Waals surface area contributed by atoms with Gasteiger partial charge in [0.25, 0.3) is 0 Å². The molecule has 0 fully saturated rings. The zero-order valence-corrected chi connectivity index (χ0v) is 40.4. The summed E-state index contributed by atoms with van der Waals surface area (Å²) in [6.07, 6.45) is 6.98. The molecule has 342 valence electrons. The number of para-hydroxylation sites is 1. The number of rotatable bonds is 6. The summed E-state index contributed by atoms with van der Waals surface area (Å²) in [6.45, 7) is 7.15. The number of furan rings is 2. The van der Waals surface area contributed by atoms with Crippen LogP contribution >= 0.6 is 0 Å². The Labute approximate surface area is 418 Å². The fourth-order valence-corrected chi connectivity index (χ4v) is 13.5. The Bertz CT molecular complexity index is 4230. The summed E-state index contributed by atoms with van der Waals surface area (Å²) < 4.78 is 14.2. The molecule has 15 rings (SSSR count). The molecule has 72 heavy (non-hydrogen) atoms. The topological polar surface area (TPSA) is 29.5 Å². The number of nitrogens with zero attached hydrogens (tertiary/aromatic N) is 1. The monoisotopic (exact) mass is 923 g/mol. The Balaban J connectivity index is 0.978. The first-order chi connectivity index (χ1) is 35.4. The van der Waals surface area contributed by atoms with Gasteiger partial charge in [0.15, 0.2) is 0 Å². The van der Waals surface area contributed by atoms with Crippen molar-refractivity contribution in [1.29, 1.82) is 0 Å². The molecule has 0 bridgehead atoms. The second-order valence-corrected chi connectivity index (χ2v) is 20.7. The Hall–Kier alpha value is -8.66. The van der Waals surface area contributed by atoms with Gasteiger partial charge in [-0.1, -0.05) is 202 Å². The van der Waals surface area contributed by atoms with Crippen molar-refractivity contribution < 1.29 is 8.83 Å². The molecule has 2 aromatic heterocycles. The fraction of sp³-hybridized carbons (Fsp3) is 0.101. The Morgan fingerprint density at radius 3 is 2.01 bits per heavy atom. The lowest BCUT2D eigenvalue weighted by atomic mass is 9.67. The number of allylic oxidation sites excluding steroid dienone is 4. The van der Waals surface area contributed by atoms with Crippen LogP contribution in [-0.4, -0.2) is 0 Å². The van der Waals surface area contributed by atoms with Crippen LogP contribution in [0.3, 0.4) is 0 Å². The van der Waals surface area contributed by atoms with E-state index in [4.69, 9.17) is 8.83 Å². The second-order valence-electron chi connectivity index (χ2n) is 20.7. The zero-order chi connectivity index (χ0) is 47.9. The van der Waals surface area contributed by atoms with Crippen LogP contribution in [0.2, 0.25) is 0 Å². The van der Waals surface area contributed by atoms with Gasteiger partial charge < -0.3 is 13.7 Å². The number of hydrogen-bond donors (Lipinski definition) is 0. The van der Waals surface area contributed by atoms with Gasteiger partial charge in [0.05, 0.1) is 11.1 Å². The summed E-state index contributed by atoms with van der Waals surface area (Å²) in [4.78, 5) is 2.44. The lowest BCUT2D eigenvalue weighted by molar-refractivity contribution is 0.551. The molecule has 0 saturated carbocycles. The van der Waals surface area contributed by atoms with E-state index in [1.807, 2.05) is 0 Å². The van der Waals surface area contributed by atoms with Crippen LogP contribution in [0.25, 0.3) is 76.9 Å². The van der Waals surface area contributed by atoms with E-state index in [1.165, 1.54) is 60.9 Å². The predicted molar refractivity (Wildman–Crippen MR) is 298 cm³/mol. The van der Waals surface area contributed by atoms with E-state index < -0.39 is 5.41 Å². The minimum absolute atomic E-state index is 0.109. The van der Waals surface area contributed by atoms with Crippen molar-refractivity contribution in [1.82, 2.24) is 0 Å². The van der Waals surface area contributed by atoms with E-state index in [9.17, 15) is 0 Å². The van der Waals surface area contributed by atoms with E-state index >= 15 is 0 Å². The van der Waals surface area contributed by atoms with Gasteiger partial charge >= 0.3 is 0 Å². The second kappa shape index (κ2) is 15.2. The summed E-state index contributed by atoms with van der Waals surface area (Å²) in [7, 11) is 0. The SMILES string of the molecule is CC1C=CC=C2C1c1ccc(N(c3ccc4c(c3)oc3c(-c5ccc6c(c5)C(c5ccccc5)(c5ccccc5)c5ccccc5-6)c5c(cc34)oc3ccccc35)c3cccc4ccccc34)cc1C2(C)C. The average molecular weight is 924 g/mol. The Morgan fingerprint density at radius 2 is 1.18 bits per heavy atom. The molecule has 3 nitrogen and oxygen atoms in total. The van der Waals surface area contributed by atoms with Crippen LogP contribution in [0.1, 0.15) is 60.1 Å². The highest BCUT2D eigenvalue weighted by Gasteiger charge is 2.47. The van der Waals surface area contributed by atoms with Gasteiger partial charge in [0.2, 0.25) is 0 Å². The lowest BCUT2D eigenvalue weighted by Gasteiger charge is -2.34. The highest BCUT2D eigenvalue weighted by Crippen LogP contribution is 2.59. The number of anilines is 3. The van der Waals surface area contributed by atoms with Crippen LogP contribution in [0.4, 0.5) is 17.1 Å². The van der Waals surface area contributed by atoms with E-state index in [-0.39, 0.29) is 5.41 Å². The first kappa shape index (κ1) is 41.2. The first-order valence-electron chi connectivity index (χ1n) is 25.4. The van der Waals surface area contributed by atoms with Crippen LogP contribution in [0.15, 0.2) is 245 Å². The highest BCUT2D eigenvalue weighted by atomic mass is 16.3. The molecule has 3 aliphatic rings. The van der Waals surface area contributed by atoms with Crippen molar-refractivity contribution in [3.63, 3.8) is 0 Å². The zero-order valence-electron chi connectivity index (χ0n) is 40.4. The van der Waals surface area contributed by atoms with Gasteiger partial charge in [-0.15, -0.1) is 0 Å². The van der Waals surface area contributed by atoms with Crippen molar-refractivity contribution in [3.05, 3.63) is 270 Å². The maximum atomic E-state index is 7.42. The quantitative estimate of drug-likeness (QED) is 0.166. The van der Waals surface area contributed by atoms with Gasteiger partial charge in [-0.05, 0) is 110 Å². The molecule has 3 heteroatoms. The number of fused-ring (bicyclic) bond motifs is 13. The number of benzene rings is 10. The molecule has 3 aliphatic carbocycles. The minimum Gasteiger partial charge on any atom is -0.456 e. The molecule has 0 saturated heterocycles. The van der Waals surface area contributed by atoms with Crippen molar-refractivity contribution >= 4 is 71.7 Å². The van der Waals surface area contributed by atoms with Crippen LogP contribution in [0, 0.1) is 5.92 Å². The molecule has 2 heterocycles. The smallest absolute Gasteiger partial charge is 0.144 e. The fourth-order valence-electron chi connectivity index (χ4n) is 13.5. The molecule has 0 N–H and O–H groups in total. The molecule has 0 spiro atoms. The molecule has 2 atom stereocenters. The summed E-state index contributed by atoms with van der Waals surface area (Å²) >= 11 is 0. The average Bonchev–Trinajstić information content (AvgIpc) is 4.14. The largest absolute Gasteiger partial charge is 0.456 e. The van der Waals surface area contributed by atoms with Crippen LogP contribution in [-0.2, 0) is 10.8 Å². The van der Waals surface area contributed by atoms with Crippen molar-refractivity contribution in [2.24, 2.45) is 5.92 Å². The molecule has 2 unspecified atom stereocenters. The summed E-state index contributed by atoms with van der Waals surface area (Å²) in [5.41, 5.74) is 19.9. The maximum Gasteiger partial charge on any atom is 0.144 e. The molecule has 0 radical (unpaired) electrons. The third kappa shape index (κ3) is 5.62. The third-order valence-electron chi connectivity index (χ3n) is 16.7. The summed E-state index contributed by atoms with van der Waals surface area (Å²) in [5, 5.41) is 6.57. The van der Waals surface area contributed by atoms with E-state index in [0.717, 1.165) is 72.1 Å². The van der Waals surface area contributed by atoms with Crippen LogP contribution < -0.4 is 4.90 Å². The Morgan fingerprint density at radius 1 is 0.486 bits per heavy atom. The van der Waals surface area contributed by atoms with Crippen LogP contribution in [0.5, 0.6) is 0 Å². The van der Waals surface area contributed by atoms with Gasteiger partial charge in [0, 0.05) is 61.3 Å². The van der Waals surface area contributed by atoms with E-state index in [0.29, 0.717) is 11.8 Å². The normalized spacial score (nSPS) is 17.1. The van der Waals surface area contributed by atoms with Crippen molar-refractivity contribution in [2.75, 3.05) is 4.90 Å². The van der Waals surface area contributed by atoms with Crippen molar-refractivity contribution in [3.8, 4) is 22.3 Å². The molecular weight excluding hydrogens is 875 g/mol. The first-order valence-corrected chi connectivity index (χ1v) is 25.4. The molecule has 0 aliphatic heterocycles. The van der Waals surface area contributed by atoms with Gasteiger partial charge in [-0.2, -0.15) is 0 Å². The minimum atomic E-state index is -0.555. The summed E-state index contributed by atoms with van der Waals surface area (Å²) in [5.74, 6) is 0.822. The Kier molecular flexibility index (Phi) is 8.67. The van der Waals surface area contributed by atoms with Gasteiger partial charge in [-0.25, -0.2) is 0 Å². The molecule has 12 aromatic rings. The van der Waals surface area contributed by atoms with E-state index in [2.05, 4.69) is 256 Å². The third-order valence-corrected chi connectivity index (χ3v) is 16.7. The van der Waals surface area contributed by atoms with E-state index in [1.54, 1.807) is 0 Å². The number of hydrogen-bond acceptors (Lipinski definition) is 3. The van der Waals surface area contributed by atoms with Gasteiger partial charge in [-0.3, -0.25) is 0 Å². The maximum absolute atomic E-state index is 7.42. The molecule has 0 amide bonds. The molecular formula is C69H49NO2. The standard InChI is InChI=1S/C69H49NO2/c1-42-18-16-29-57-64(42)53-37-34-47(39-58(53)68(57,2)3)70(60-30-17-20-43-19-10-11-25-49(43)60)48-33-36-52-55-41-63-66(54-27-13-15-31-61(54)71-63)65(67(55)72-62(52)40-48)44-32-35-51-50-26-12-14-28-56(50)69(59(51)38-44,45-21-6-4-7-22-45)46-23-8-5-9-24-46/h4-42,64H,1-3H3.